The number of ether oxygens (including phenoxy) is 1. The first-order valence-electron chi connectivity index (χ1n) is 6.79. The number of nitrogens with zero attached hydrogens (tertiary/aromatic N) is 1. The molecule has 1 aliphatic carbocycles. The molecule has 108 valence electrons. The van der Waals surface area contributed by atoms with Crippen LogP contribution in [0.1, 0.15) is 32.1 Å². The van der Waals surface area contributed by atoms with E-state index in [-0.39, 0.29) is 12.0 Å². The van der Waals surface area contributed by atoms with Gasteiger partial charge in [-0.2, -0.15) is 0 Å². The lowest BCUT2D eigenvalue weighted by Crippen LogP contribution is -2.44. The van der Waals surface area contributed by atoms with Crippen LogP contribution in [-0.2, 0) is 9.53 Å². The number of carboxylic acids is 1. The summed E-state index contributed by atoms with van der Waals surface area (Å²) in [5.41, 5.74) is 0. The van der Waals surface area contributed by atoms with Gasteiger partial charge in [0.15, 0.2) is 0 Å². The molecule has 0 bridgehead atoms. The third-order valence-electron chi connectivity index (χ3n) is 4.60. The quantitative estimate of drug-likeness (QED) is 0.815. The SMILES string of the molecule is COC1CCC([C@H]2CCN(C(=O)O)[C@H]2C(=O)O)CC1. The summed E-state index contributed by atoms with van der Waals surface area (Å²) in [5.74, 6) is -0.762. The fourth-order valence-electron chi connectivity index (χ4n) is 3.59. The van der Waals surface area contributed by atoms with Crippen LogP contribution in [0, 0.1) is 11.8 Å². The molecule has 1 saturated heterocycles. The molecule has 0 radical (unpaired) electrons. The van der Waals surface area contributed by atoms with Crippen LogP contribution in [0.25, 0.3) is 0 Å². The predicted octanol–water partition coefficient (Wildman–Crippen LogP) is 1.64. The van der Waals surface area contributed by atoms with Gasteiger partial charge in [0, 0.05) is 13.7 Å². The number of hydrogen-bond acceptors (Lipinski definition) is 3. The molecule has 1 saturated carbocycles. The van der Waals surface area contributed by atoms with Gasteiger partial charge >= 0.3 is 12.1 Å². The van der Waals surface area contributed by atoms with E-state index in [2.05, 4.69) is 0 Å². The highest BCUT2D eigenvalue weighted by molar-refractivity contribution is 5.80. The summed E-state index contributed by atoms with van der Waals surface area (Å²) in [6.45, 7) is 0.334. The van der Waals surface area contributed by atoms with Crippen molar-refractivity contribution >= 4 is 12.1 Å². The maximum atomic E-state index is 11.4. The molecule has 2 aliphatic rings. The molecule has 0 aromatic heterocycles. The average Bonchev–Trinajstić information content (AvgIpc) is 2.83. The molecule has 2 N–H and O–H groups in total. The molecular weight excluding hydrogens is 250 g/mol. The van der Waals surface area contributed by atoms with Crippen LogP contribution >= 0.6 is 0 Å². The second-order valence-electron chi connectivity index (χ2n) is 5.48. The van der Waals surface area contributed by atoms with Crippen LogP contribution in [0.5, 0.6) is 0 Å². The van der Waals surface area contributed by atoms with Crippen molar-refractivity contribution in [3.63, 3.8) is 0 Å². The van der Waals surface area contributed by atoms with E-state index in [0.29, 0.717) is 18.9 Å². The largest absolute Gasteiger partial charge is 0.480 e. The van der Waals surface area contributed by atoms with Gasteiger partial charge < -0.3 is 14.9 Å². The summed E-state index contributed by atoms with van der Waals surface area (Å²) < 4.78 is 5.31. The molecule has 1 heterocycles. The Morgan fingerprint density at radius 2 is 1.74 bits per heavy atom. The van der Waals surface area contributed by atoms with Crippen molar-refractivity contribution in [2.45, 2.75) is 44.2 Å². The van der Waals surface area contributed by atoms with Crippen LogP contribution in [0.3, 0.4) is 0 Å². The van der Waals surface area contributed by atoms with Crippen molar-refractivity contribution in [1.82, 2.24) is 4.90 Å². The zero-order valence-electron chi connectivity index (χ0n) is 11.1. The van der Waals surface area contributed by atoms with Crippen LogP contribution in [0.2, 0.25) is 0 Å². The van der Waals surface area contributed by atoms with Gasteiger partial charge in [-0.1, -0.05) is 0 Å². The molecule has 6 nitrogen and oxygen atoms in total. The number of aliphatic carboxylic acids is 1. The highest BCUT2D eigenvalue weighted by Crippen LogP contribution is 2.39. The minimum absolute atomic E-state index is 0.0496. The van der Waals surface area contributed by atoms with E-state index in [1.807, 2.05) is 0 Å². The van der Waals surface area contributed by atoms with E-state index in [0.717, 1.165) is 30.6 Å². The number of carboxylic acid groups (broad SMARTS) is 2. The van der Waals surface area contributed by atoms with Gasteiger partial charge in [0.25, 0.3) is 0 Å². The predicted molar refractivity (Wildman–Crippen MR) is 67.0 cm³/mol. The van der Waals surface area contributed by atoms with Crippen LogP contribution in [-0.4, -0.2) is 53.0 Å². The van der Waals surface area contributed by atoms with E-state index in [9.17, 15) is 14.7 Å². The Bertz CT molecular complexity index is 351. The zero-order chi connectivity index (χ0) is 14.0. The van der Waals surface area contributed by atoms with Gasteiger partial charge in [0.05, 0.1) is 6.10 Å². The Balaban J connectivity index is 2.03. The monoisotopic (exact) mass is 271 g/mol. The molecule has 6 heteroatoms. The first-order chi connectivity index (χ1) is 9.04. The molecule has 0 unspecified atom stereocenters. The van der Waals surface area contributed by atoms with Crippen molar-refractivity contribution in [2.75, 3.05) is 13.7 Å². The smallest absolute Gasteiger partial charge is 0.408 e. The minimum atomic E-state index is -1.12. The standard InChI is InChI=1S/C13H21NO5/c1-19-9-4-2-8(3-5-9)10-6-7-14(13(17)18)11(10)12(15)16/h8-11H,2-7H2,1H3,(H,15,16)(H,17,18)/t8?,9?,10-,11-/m1/s1. The fraction of sp³-hybridized carbons (Fsp3) is 0.846. The molecule has 2 atom stereocenters. The summed E-state index contributed by atoms with van der Waals surface area (Å²) in [6, 6.07) is -0.874. The number of hydrogen-bond donors (Lipinski definition) is 2. The number of likely N-dealkylation sites (tertiary alicyclic amines) is 1. The van der Waals surface area contributed by atoms with Crippen molar-refractivity contribution in [1.29, 1.82) is 0 Å². The number of rotatable bonds is 3. The van der Waals surface area contributed by atoms with Gasteiger partial charge in [-0.05, 0) is 43.9 Å². The van der Waals surface area contributed by atoms with E-state index in [1.165, 1.54) is 0 Å². The summed E-state index contributed by atoms with van der Waals surface area (Å²) in [7, 11) is 1.70. The normalized spacial score (nSPS) is 35.3. The summed E-state index contributed by atoms with van der Waals surface area (Å²) in [6.07, 6.45) is 3.55. The van der Waals surface area contributed by atoms with Gasteiger partial charge in [-0.3, -0.25) is 4.90 Å². The van der Waals surface area contributed by atoms with Gasteiger partial charge in [-0.15, -0.1) is 0 Å². The van der Waals surface area contributed by atoms with Crippen LogP contribution < -0.4 is 0 Å². The maximum absolute atomic E-state index is 11.4. The Hall–Kier alpha value is -1.30. The Morgan fingerprint density at radius 3 is 2.21 bits per heavy atom. The fourth-order valence-corrected chi connectivity index (χ4v) is 3.59. The second kappa shape index (κ2) is 5.77. The van der Waals surface area contributed by atoms with Gasteiger partial charge in [-0.25, -0.2) is 9.59 Å². The van der Waals surface area contributed by atoms with Crippen molar-refractivity contribution in [3.8, 4) is 0 Å². The second-order valence-corrected chi connectivity index (χ2v) is 5.48. The zero-order valence-corrected chi connectivity index (χ0v) is 11.1. The number of methoxy groups -OCH3 is 1. The number of carbonyl (C=O) groups is 2. The first-order valence-corrected chi connectivity index (χ1v) is 6.79. The highest BCUT2D eigenvalue weighted by Gasteiger charge is 2.45. The Kier molecular flexibility index (Phi) is 4.29. The van der Waals surface area contributed by atoms with E-state index >= 15 is 0 Å². The molecule has 19 heavy (non-hydrogen) atoms. The lowest BCUT2D eigenvalue weighted by atomic mass is 9.76. The van der Waals surface area contributed by atoms with Gasteiger partial charge in [0.2, 0.25) is 0 Å². The third kappa shape index (κ3) is 2.83. The molecular formula is C13H21NO5. The topological polar surface area (TPSA) is 87.1 Å². The van der Waals surface area contributed by atoms with E-state index < -0.39 is 18.1 Å². The third-order valence-corrected chi connectivity index (χ3v) is 4.60. The van der Waals surface area contributed by atoms with Gasteiger partial charge in [0.1, 0.15) is 6.04 Å². The summed E-state index contributed by atoms with van der Waals surface area (Å²) >= 11 is 0. The molecule has 1 amide bonds. The molecule has 2 rings (SSSR count). The highest BCUT2D eigenvalue weighted by atomic mass is 16.5. The molecule has 0 spiro atoms. The molecule has 1 aliphatic heterocycles. The maximum Gasteiger partial charge on any atom is 0.408 e. The molecule has 2 fully saturated rings. The first kappa shape index (κ1) is 14.1. The minimum Gasteiger partial charge on any atom is -0.480 e. The van der Waals surface area contributed by atoms with E-state index in [1.54, 1.807) is 7.11 Å². The molecule has 0 aromatic rings. The number of amides is 1. The summed E-state index contributed by atoms with van der Waals surface area (Å²) in [4.78, 5) is 23.5. The van der Waals surface area contributed by atoms with Crippen LogP contribution in [0.15, 0.2) is 0 Å². The van der Waals surface area contributed by atoms with Crippen LogP contribution in [0.4, 0.5) is 4.79 Å². The van der Waals surface area contributed by atoms with Crippen molar-refractivity contribution in [2.24, 2.45) is 11.8 Å². The summed E-state index contributed by atoms with van der Waals surface area (Å²) in [5, 5.41) is 18.4. The van der Waals surface area contributed by atoms with Crippen molar-refractivity contribution < 1.29 is 24.5 Å². The average molecular weight is 271 g/mol. The lowest BCUT2D eigenvalue weighted by molar-refractivity contribution is -0.143. The van der Waals surface area contributed by atoms with E-state index in [4.69, 9.17) is 9.84 Å². The Labute approximate surface area is 112 Å². The Morgan fingerprint density at radius 1 is 1.11 bits per heavy atom. The van der Waals surface area contributed by atoms with Crippen molar-refractivity contribution in [3.05, 3.63) is 0 Å². The molecule has 0 aromatic carbocycles. The lowest BCUT2D eigenvalue weighted by Gasteiger charge is -2.33.